The molecule has 0 bridgehead atoms. The number of thioether (sulfide) groups is 1. The van der Waals surface area contributed by atoms with Crippen LogP contribution < -0.4 is 5.73 Å². The van der Waals surface area contributed by atoms with Crippen LogP contribution in [0, 0.1) is 0 Å². The summed E-state index contributed by atoms with van der Waals surface area (Å²) in [5.74, 6) is -0.346. The molecule has 18 heavy (non-hydrogen) atoms. The SMILES string of the molecule is C[C@@H](Sc1ncc(-c2ccc(Br)cc2)[nH]1)C(N)=O. The van der Waals surface area contributed by atoms with Crippen molar-refractivity contribution in [3.05, 3.63) is 34.9 Å². The molecule has 4 nitrogen and oxygen atoms in total. The van der Waals surface area contributed by atoms with Crippen molar-refractivity contribution in [3.8, 4) is 11.3 Å². The Morgan fingerprint density at radius 2 is 2.11 bits per heavy atom. The Kier molecular flexibility index (Phi) is 4.08. The number of halogens is 1. The molecule has 0 saturated heterocycles. The second-order valence-electron chi connectivity index (χ2n) is 3.77. The van der Waals surface area contributed by atoms with Crippen molar-refractivity contribution in [1.29, 1.82) is 0 Å². The maximum absolute atomic E-state index is 11.0. The van der Waals surface area contributed by atoms with E-state index in [0.29, 0.717) is 5.16 Å². The fourth-order valence-corrected chi connectivity index (χ4v) is 2.36. The lowest BCUT2D eigenvalue weighted by Gasteiger charge is -2.03. The molecule has 0 fully saturated rings. The number of benzene rings is 1. The van der Waals surface area contributed by atoms with Gasteiger partial charge in [-0.1, -0.05) is 39.8 Å². The third kappa shape index (κ3) is 3.14. The van der Waals surface area contributed by atoms with Crippen molar-refractivity contribution in [2.45, 2.75) is 17.3 Å². The molecule has 2 rings (SSSR count). The molecule has 0 aliphatic heterocycles. The molecule has 1 aromatic carbocycles. The third-order valence-corrected chi connectivity index (χ3v) is 3.94. The highest BCUT2D eigenvalue weighted by atomic mass is 79.9. The minimum Gasteiger partial charge on any atom is -0.369 e. The number of nitrogens with one attached hydrogen (secondary N) is 1. The van der Waals surface area contributed by atoms with E-state index in [9.17, 15) is 4.79 Å². The average Bonchev–Trinajstić information content (AvgIpc) is 2.78. The Morgan fingerprint density at radius 1 is 1.44 bits per heavy atom. The zero-order valence-electron chi connectivity index (χ0n) is 9.68. The highest BCUT2D eigenvalue weighted by molar-refractivity contribution is 9.10. The number of hydrogen-bond acceptors (Lipinski definition) is 3. The molecule has 94 valence electrons. The average molecular weight is 326 g/mol. The molecule has 6 heteroatoms. The molecule has 2 aromatic rings. The van der Waals surface area contributed by atoms with Gasteiger partial charge in [0.05, 0.1) is 17.1 Å². The number of aromatic amines is 1. The van der Waals surface area contributed by atoms with Gasteiger partial charge >= 0.3 is 0 Å². The van der Waals surface area contributed by atoms with Gasteiger partial charge in [-0.25, -0.2) is 4.98 Å². The number of primary amides is 1. The van der Waals surface area contributed by atoms with Crippen LogP contribution in [0.4, 0.5) is 0 Å². The Balaban J connectivity index is 2.15. The van der Waals surface area contributed by atoms with E-state index >= 15 is 0 Å². The molecule has 1 atom stereocenters. The largest absolute Gasteiger partial charge is 0.369 e. The van der Waals surface area contributed by atoms with Crippen LogP contribution >= 0.6 is 27.7 Å². The molecular formula is C12H12BrN3OS. The van der Waals surface area contributed by atoms with E-state index in [1.807, 2.05) is 24.3 Å². The van der Waals surface area contributed by atoms with E-state index in [1.165, 1.54) is 11.8 Å². The molecular weight excluding hydrogens is 314 g/mol. The van der Waals surface area contributed by atoms with Crippen LogP contribution in [0.25, 0.3) is 11.3 Å². The van der Waals surface area contributed by atoms with Gasteiger partial charge in [0.1, 0.15) is 0 Å². The van der Waals surface area contributed by atoms with Gasteiger partial charge < -0.3 is 10.7 Å². The fraction of sp³-hybridized carbons (Fsp3) is 0.167. The molecule has 0 saturated carbocycles. The first kappa shape index (κ1) is 13.2. The van der Waals surface area contributed by atoms with Crippen LogP contribution in [0.1, 0.15) is 6.92 Å². The molecule has 1 aromatic heterocycles. The summed E-state index contributed by atoms with van der Waals surface area (Å²) in [5, 5.41) is 0.396. The topological polar surface area (TPSA) is 71.8 Å². The first-order valence-electron chi connectivity index (χ1n) is 5.33. The van der Waals surface area contributed by atoms with Gasteiger partial charge in [-0.3, -0.25) is 4.79 Å². The summed E-state index contributed by atoms with van der Waals surface area (Å²) < 4.78 is 1.03. The number of rotatable bonds is 4. The van der Waals surface area contributed by atoms with Crippen molar-refractivity contribution < 1.29 is 4.79 Å². The summed E-state index contributed by atoms with van der Waals surface area (Å²) in [7, 11) is 0. The predicted molar refractivity (Wildman–Crippen MR) is 76.2 cm³/mol. The van der Waals surface area contributed by atoms with E-state index in [-0.39, 0.29) is 11.2 Å². The van der Waals surface area contributed by atoms with Gasteiger partial charge in [0.25, 0.3) is 0 Å². The van der Waals surface area contributed by atoms with Gasteiger partial charge in [-0.2, -0.15) is 0 Å². The summed E-state index contributed by atoms with van der Waals surface area (Å²) >= 11 is 4.71. The number of carbonyl (C=O) groups is 1. The van der Waals surface area contributed by atoms with Crippen molar-refractivity contribution in [2.24, 2.45) is 5.73 Å². The summed E-state index contributed by atoms with van der Waals surface area (Å²) in [4.78, 5) is 18.4. The van der Waals surface area contributed by atoms with Crippen LogP contribution in [0.5, 0.6) is 0 Å². The van der Waals surface area contributed by atoms with Gasteiger partial charge in [-0.05, 0) is 24.6 Å². The van der Waals surface area contributed by atoms with Crippen LogP contribution in [-0.4, -0.2) is 21.1 Å². The summed E-state index contributed by atoms with van der Waals surface area (Å²) in [5.41, 5.74) is 7.18. The Morgan fingerprint density at radius 3 is 2.72 bits per heavy atom. The monoisotopic (exact) mass is 325 g/mol. The standard InChI is InChI=1S/C12H12BrN3OS/c1-7(11(14)17)18-12-15-6-10(16-12)8-2-4-9(13)5-3-8/h2-7H,1H3,(H2,14,17)(H,15,16)/t7-/m1/s1. The first-order chi connectivity index (χ1) is 8.56. The van der Waals surface area contributed by atoms with Gasteiger partial charge in [0.15, 0.2) is 5.16 Å². The number of amides is 1. The van der Waals surface area contributed by atoms with E-state index in [1.54, 1.807) is 13.1 Å². The maximum Gasteiger partial charge on any atom is 0.230 e. The summed E-state index contributed by atoms with van der Waals surface area (Å²) in [6.45, 7) is 1.76. The number of imidazole rings is 1. The van der Waals surface area contributed by atoms with Crippen molar-refractivity contribution in [3.63, 3.8) is 0 Å². The van der Waals surface area contributed by atoms with Crippen molar-refractivity contribution >= 4 is 33.6 Å². The molecule has 3 N–H and O–H groups in total. The first-order valence-corrected chi connectivity index (χ1v) is 7.00. The molecule has 1 amide bonds. The normalized spacial score (nSPS) is 12.3. The minimum absolute atomic E-state index is 0.297. The lowest BCUT2D eigenvalue weighted by Crippen LogP contribution is -2.22. The zero-order chi connectivity index (χ0) is 13.1. The number of H-pyrrole nitrogens is 1. The van der Waals surface area contributed by atoms with Crippen LogP contribution in [0.2, 0.25) is 0 Å². The van der Waals surface area contributed by atoms with Crippen LogP contribution in [0.15, 0.2) is 40.1 Å². The quantitative estimate of drug-likeness (QED) is 0.849. The number of carbonyl (C=O) groups excluding carboxylic acids is 1. The van der Waals surface area contributed by atoms with Gasteiger partial charge in [0, 0.05) is 4.47 Å². The summed E-state index contributed by atoms with van der Waals surface area (Å²) in [6.07, 6.45) is 1.75. The Labute approximate surface area is 118 Å². The Hall–Kier alpha value is -1.27. The van der Waals surface area contributed by atoms with E-state index in [2.05, 4.69) is 25.9 Å². The van der Waals surface area contributed by atoms with Crippen molar-refractivity contribution in [2.75, 3.05) is 0 Å². The summed E-state index contributed by atoms with van der Waals surface area (Å²) in [6, 6.07) is 7.91. The van der Waals surface area contributed by atoms with E-state index < -0.39 is 0 Å². The molecule has 0 aliphatic carbocycles. The zero-order valence-corrected chi connectivity index (χ0v) is 12.1. The number of nitrogens with zero attached hydrogens (tertiary/aromatic N) is 1. The Bertz CT molecular complexity index is 553. The van der Waals surface area contributed by atoms with Crippen LogP contribution in [0.3, 0.4) is 0 Å². The highest BCUT2D eigenvalue weighted by Crippen LogP contribution is 2.25. The van der Waals surface area contributed by atoms with Gasteiger partial charge in [0.2, 0.25) is 5.91 Å². The van der Waals surface area contributed by atoms with E-state index in [4.69, 9.17) is 5.73 Å². The lowest BCUT2D eigenvalue weighted by atomic mass is 10.2. The number of hydrogen-bond donors (Lipinski definition) is 2. The molecule has 0 radical (unpaired) electrons. The second kappa shape index (κ2) is 5.58. The third-order valence-electron chi connectivity index (χ3n) is 2.40. The number of aromatic nitrogens is 2. The van der Waals surface area contributed by atoms with Crippen molar-refractivity contribution in [1.82, 2.24) is 9.97 Å². The molecule has 0 unspecified atom stereocenters. The molecule has 0 aliphatic rings. The fourth-order valence-electron chi connectivity index (χ4n) is 1.36. The van der Waals surface area contributed by atoms with Crippen LogP contribution in [-0.2, 0) is 4.79 Å². The van der Waals surface area contributed by atoms with E-state index in [0.717, 1.165) is 15.7 Å². The lowest BCUT2D eigenvalue weighted by molar-refractivity contribution is -0.117. The maximum atomic E-state index is 11.0. The molecule has 0 spiro atoms. The minimum atomic E-state index is -0.346. The number of nitrogens with two attached hydrogens (primary N) is 1. The highest BCUT2D eigenvalue weighted by Gasteiger charge is 2.13. The molecule has 1 heterocycles. The predicted octanol–water partition coefficient (Wildman–Crippen LogP) is 2.81. The van der Waals surface area contributed by atoms with Gasteiger partial charge in [-0.15, -0.1) is 0 Å². The second-order valence-corrected chi connectivity index (χ2v) is 6.02. The smallest absolute Gasteiger partial charge is 0.230 e.